The molecule has 128 valence electrons. The van der Waals surface area contributed by atoms with Gasteiger partial charge < -0.3 is 10.6 Å². The van der Waals surface area contributed by atoms with Crippen LogP contribution >= 0.6 is 11.3 Å². The van der Waals surface area contributed by atoms with E-state index in [9.17, 15) is 9.59 Å². The number of thiophene rings is 1. The molecule has 3 heterocycles. The van der Waals surface area contributed by atoms with Crippen LogP contribution in [0.3, 0.4) is 0 Å². The van der Waals surface area contributed by atoms with Crippen molar-refractivity contribution in [2.24, 2.45) is 5.73 Å². The Kier molecular flexibility index (Phi) is 4.71. The average molecular weight is 346 g/mol. The van der Waals surface area contributed by atoms with Crippen molar-refractivity contribution in [3.63, 3.8) is 0 Å². The van der Waals surface area contributed by atoms with Crippen molar-refractivity contribution >= 4 is 23.2 Å². The molecule has 1 atom stereocenters. The Hall–Kier alpha value is -2.15. The van der Waals surface area contributed by atoms with Crippen molar-refractivity contribution in [3.05, 3.63) is 39.3 Å². The molecule has 0 bridgehead atoms. The Labute approximate surface area is 145 Å². The third-order valence-electron chi connectivity index (χ3n) is 4.43. The summed E-state index contributed by atoms with van der Waals surface area (Å²) in [6.45, 7) is 5.46. The van der Waals surface area contributed by atoms with Crippen molar-refractivity contribution in [2.45, 2.75) is 45.7 Å². The van der Waals surface area contributed by atoms with Crippen LogP contribution in [-0.2, 0) is 6.54 Å². The maximum atomic E-state index is 12.9. The van der Waals surface area contributed by atoms with Crippen LogP contribution in [0.2, 0.25) is 0 Å². The number of aromatic nitrogens is 2. The Morgan fingerprint density at radius 3 is 2.67 bits per heavy atom. The van der Waals surface area contributed by atoms with Crippen molar-refractivity contribution in [1.29, 1.82) is 0 Å². The van der Waals surface area contributed by atoms with Crippen molar-refractivity contribution in [2.75, 3.05) is 6.54 Å². The summed E-state index contributed by atoms with van der Waals surface area (Å²) in [4.78, 5) is 27.1. The van der Waals surface area contributed by atoms with E-state index >= 15 is 0 Å². The van der Waals surface area contributed by atoms with Gasteiger partial charge in [-0.1, -0.05) is 0 Å². The summed E-state index contributed by atoms with van der Waals surface area (Å²) in [6.07, 6.45) is 3.09. The van der Waals surface area contributed by atoms with Gasteiger partial charge in [0.25, 0.3) is 11.8 Å². The highest BCUT2D eigenvalue weighted by molar-refractivity contribution is 7.15. The lowest BCUT2D eigenvalue weighted by atomic mass is 10.0. The lowest BCUT2D eigenvalue weighted by Crippen LogP contribution is -2.45. The highest BCUT2D eigenvalue weighted by Gasteiger charge is 2.29. The molecule has 0 aromatic carbocycles. The molecule has 6 nitrogen and oxygen atoms in total. The number of likely N-dealkylation sites (tertiary alicyclic amines) is 1. The third-order valence-corrected chi connectivity index (χ3v) is 5.52. The fourth-order valence-corrected chi connectivity index (χ4v) is 4.06. The number of carbonyl (C=O) groups is 2. The van der Waals surface area contributed by atoms with Gasteiger partial charge in [-0.2, -0.15) is 5.10 Å². The van der Waals surface area contributed by atoms with E-state index in [-0.39, 0.29) is 11.9 Å². The molecule has 1 fully saturated rings. The first-order chi connectivity index (χ1) is 11.5. The Bertz CT molecular complexity index is 764. The van der Waals surface area contributed by atoms with Crippen LogP contribution in [-0.4, -0.2) is 39.1 Å². The second-order valence-corrected chi connectivity index (χ2v) is 7.37. The number of hydrogen-bond donors (Lipinski definition) is 1. The summed E-state index contributed by atoms with van der Waals surface area (Å²) >= 11 is 1.17. The molecule has 2 aromatic rings. The van der Waals surface area contributed by atoms with Gasteiger partial charge in [0.2, 0.25) is 0 Å². The summed E-state index contributed by atoms with van der Waals surface area (Å²) < 4.78 is 1.98. The Balaban J connectivity index is 1.79. The molecule has 1 aliphatic rings. The maximum Gasteiger partial charge on any atom is 0.264 e. The highest BCUT2D eigenvalue weighted by Crippen LogP contribution is 2.25. The van der Waals surface area contributed by atoms with Gasteiger partial charge in [-0.05, 0) is 51.3 Å². The minimum absolute atomic E-state index is 0.0151. The topological polar surface area (TPSA) is 81.2 Å². The molecule has 1 unspecified atom stereocenters. The lowest BCUT2D eigenvalue weighted by Gasteiger charge is -2.35. The second kappa shape index (κ2) is 6.76. The molecule has 1 saturated heterocycles. The average Bonchev–Trinajstić information content (AvgIpc) is 3.14. The van der Waals surface area contributed by atoms with Gasteiger partial charge in [-0.3, -0.25) is 14.3 Å². The summed E-state index contributed by atoms with van der Waals surface area (Å²) in [5.41, 5.74) is 7.39. The molecule has 1 aliphatic heterocycles. The number of aryl methyl sites for hydroxylation is 2. The van der Waals surface area contributed by atoms with Gasteiger partial charge >= 0.3 is 0 Å². The van der Waals surface area contributed by atoms with Crippen molar-refractivity contribution < 1.29 is 9.59 Å². The van der Waals surface area contributed by atoms with Crippen LogP contribution in [0, 0.1) is 13.8 Å². The SMILES string of the molecule is Cc1cc(C)n(CC2CCCCN2C(=O)c2ccc(C(N)=O)s2)n1. The summed E-state index contributed by atoms with van der Waals surface area (Å²) in [5, 5.41) is 4.52. The first-order valence-electron chi connectivity index (χ1n) is 8.17. The molecule has 0 saturated carbocycles. The molecular weight excluding hydrogens is 324 g/mol. The van der Waals surface area contributed by atoms with Gasteiger partial charge in [0, 0.05) is 12.2 Å². The standard InChI is InChI=1S/C17H22N4O2S/c1-11-9-12(2)21(19-11)10-13-5-3-4-8-20(13)17(23)15-7-6-14(24-15)16(18)22/h6-7,9,13H,3-5,8,10H2,1-2H3,(H2,18,22). The lowest BCUT2D eigenvalue weighted by molar-refractivity contribution is 0.0587. The van der Waals surface area contributed by atoms with Crippen molar-refractivity contribution in [3.8, 4) is 0 Å². The number of primary amides is 1. The second-order valence-electron chi connectivity index (χ2n) is 6.29. The quantitative estimate of drug-likeness (QED) is 0.923. The maximum absolute atomic E-state index is 12.9. The molecule has 0 spiro atoms. The van der Waals surface area contributed by atoms with E-state index in [4.69, 9.17) is 5.73 Å². The molecule has 0 radical (unpaired) electrons. The van der Waals surface area contributed by atoms with Gasteiger partial charge in [0.1, 0.15) is 0 Å². The third kappa shape index (κ3) is 3.36. The fraction of sp³-hybridized carbons (Fsp3) is 0.471. The predicted octanol–water partition coefficient (Wildman–Crippen LogP) is 2.36. The molecule has 24 heavy (non-hydrogen) atoms. The zero-order chi connectivity index (χ0) is 17.3. The van der Waals surface area contributed by atoms with E-state index in [1.165, 1.54) is 11.3 Å². The van der Waals surface area contributed by atoms with E-state index in [0.29, 0.717) is 16.3 Å². The van der Waals surface area contributed by atoms with Crippen LogP contribution in [0.5, 0.6) is 0 Å². The van der Waals surface area contributed by atoms with E-state index in [2.05, 4.69) is 5.10 Å². The van der Waals surface area contributed by atoms with Crippen LogP contribution < -0.4 is 5.73 Å². The Morgan fingerprint density at radius 1 is 1.29 bits per heavy atom. The van der Waals surface area contributed by atoms with E-state index < -0.39 is 5.91 Å². The summed E-state index contributed by atoms with van der Waals surface area (Å²) in [7, 11) is 0. The van der Waals surface area contributed by atoms with E-state index in [1.807, 2.05) is 29.5 Å². The highest BCUT2D eigenvalue weighted by atomic mass is 32.1. The number of carbonyl (C=O) groups excluding carboxylic acids is 2. The van der Waals surface area contributed by atoms with Crippen LogP contribution in [0.25, 0.3) is 0 Å². The Morgan fingerprint density at radius 2 is 2.04 bits per heavy atom. The fourth-order valence-electron chi connectivity index (χ4n) is 3.24. The monoisotopic (exact) mass is 346 g/mol. The van der Waals surface area contributed by atoms with Gasteiger partial charge in [-0.25, -0.2) is 0 Å². The number of nitrogens with two attached hydrogens (primary N) is 1. The molecule has 3 rings (SSSR count). The number of rotatable bonds is 4. The molecule has 2 N–H and O–H groups in total. The molecule has 7 heteroatoms. The molecular formula is C17H22N4O2S. The zero-order valence-electron chi connectivity index (χ0n) is 14.0. The minimum atomic E-state index is -0.489. The smallest absolute Gasteiger partial charge is 0.264 e. The normalized spacial score (nSPS) is 17.9. The van der Waals surface area contributed by atoms with Crippen LogP contribution in [0.4, 0.5) is 0 Å². The minimum Gasteiger partial charge on any atom is -0.365 e. The largest absolute Gasteiger partial charge is 0.365 e. The van der Waals surface area contributed by atoms with E-state index in [1.54, 1.807) is 12.1 Å². The number of hydrogen-bond acceptors (Lipinski definition) is 4. The van der Waals surface area contributed by atoms with E-state index in [0.717, 1.165) is 37.2 Å². The number of nitrogens with zero attached hydrogens (tertiary/aromatic N) is 3. The number of amides is 2. The zero-order valence-corrected chi connectivity index (χ0v) is 14.8. The van der Waals surface area contributed by atoms with Gasteiger partial charge in [0.05, 0.1) is 28.0 Å². The van der Waals surface area contributed by atoms with Crippen LogP contribution in [0.1, 0.15) is 50.0 Å². The van der Waals surface area contributed by atoms with Gasteiger partial charge in [-0.15, -0.1) is 11.3 Å². The molecule has 0 aliphatic carbocycles. The number of piperidine rings is 1. The summed E-state index contributed by atoms with van der Waals surface area (Å²) in [5.74, 6) is -0.504. The van der Waals surface area contributed by atoms with Crippen molar-refractivity contribution in [1.82, 2.24) is 14.7 Å². The summed E-state index contributed by atoms with van der Waals surface area (Å²) in [6, 6.07) is 5.50. The first kappa shape index (κ1) is 16.7. The van der Waals surface area contributed by atoms with Gasteiger partial charge in [0.15, 0.2) is 0 Å². The predicted molar refractivity (Wildman–Crippen MR) is 93.2 cm³/mol. The van der Waals surface area contributed by atoms with Crippen LogP contribution in [0.15, 0.2) is 18.2 Å². The molecule has 2 aromatic heterocycles. The molecule has 2 amide bonds. The first-order valence-corrected chi connectivity index (χ1v) is 8.99.